The maximum absolute atomic E-state index is 11.4. The molecule has 0 aromatic rings. The quantitative estimate of drug-likeness (QED) is 0.626. The van der Waals surface area contributed by atoms with Crippen LogP contribution in [0.4, 0.5) is 13.2 Å². The molecular weight excluding hydrogens is 297 g/mol. The summed E-state index contributed by atoms with van der Waals surface area (Å²) in [4.78, 5) is 31.0. The van der Waals surface area contributed by atoms with E-state index in [0.29, 0.717) is 6.54 Å². The third-order valence-electron chi connectivity index (χ3n) is 2.53. The van der Waals surface area contributed by atoms with Crippen LogP contribution in [0.25, 0.3) is 0 Å². The zero-order valence-electron chi connectivity index (χ0n) is 11.3. The summed E-state index contributed by atoms with van der Waals surface area (Å²) >= 11 is 0. The van der Waals surface area contributed by atoms with Crippen molar-refractivity contribution in [3.05, 3.63) is 0 Å². The highest BCUT2D eigenvalue weighted by Crippen LogP contribution is 2.13. The standard InChI is InChI=1S/C9H16N2O3.C2HF3O2/c1-14-8(12)3-5-11-9(13)7-2-4-10-6-7;3-2(4,5)1(6)7/h7,10H,2-6H2,1H3,(H,11,13);(H,6,7)/t7-;/m1./s1. The van der Waals surface area contributed by atoms with Crippen LogP contribution in [-0.4, -0.2) is 55.9 Å². The van der Waals surface area contributed by atoms with Crippen LogP contribution in [0.15, 0.2) is 0 Å². The molecule has 1 rings (SSSR count). The molecule has 0 aromatic carbocycles. The number of hydrogen-bond donors (Lipinski definition) is 3. The molecule has 0 saturated carbocycles. The van der Waals surface area contributed by atoms with Crippen LogP contribution >= 0.6 is 0 Å². The molecule has 1 saturated heterocycles. The summed E-state index contributed by atoms with van der Waals surface area (Å²) < 4.78 is 36.2. The number of carbonyl (C=O) groups is 3. The Morgan fingerprint density at radius 3 is 2.33 bits per heavy atom. The van der Waals surface area contributed by atoms with Crippen LogP contribution in [0.3, 0.4) is 0 Å². The summed E-state index contributed by atoms with van der Waals surface area (Å²) in [7, 11) is 1.34. The van der Waals surface area contributed by atoms with Gasteiger partial charge in [-0.25, -0.2) is 4.79 Å². The molecule has 1 aliphatic heterocycles. The first-order valence-electron chi connectivity index (χ1n) is 6.03. The second-order valence-corrected chi connectivity index (χ2v) is 4.11. The Balaban J connectivity index is 0.000000486. The van der Waals surface area contributed by atoms with Gasteiger partial charge in [0.2, 0.25) is 5.91 Å². The van der Waals surface area contributed by atoms with E-state index in [2.05, 4.69) is 15.4 Å². The number of ether oxygens (including phenoxy) is 1. The van der Waals surface area contributed by atoms with Crippen molar-refractivity contribution in [1.29, 1.82) is 0 Å². The fourth-order valence-electron chi connectivity index (χ4n) is 1.41. The van der Waals surface area contributed by atoms with Gasteiger partial charge in [-0.1, -0.05) is 0 Å². The molecule has 122 valence electrons. The van der Waals surface area contributed by atoms with Crippen LogP contribution in [0.5, 0.6) is 0 Å². The van der Waals surface area contributed by atoms with Crippen molar-refractivity contribution in [2.75, 3.05) is 26.7 Å². The number of methoxy groups -OCH3 is 1. The number of aliphatic carboxylic acids is 1. The van der Waals surface area contributed by atoms with Gasteiger partial charge in [0.1, 0.15) is 0 Å². The van der Waals surface area contributed by atoms with Crippen LogP contribution in [0.2, 0.25) is 0 Å². The molecule has 0 aliphatic carbocycles. The lowest BCUT2D eigenvalue weighted by Crippen LogP contribution is -2.33. The predicted octanol–water partition coefficient (Wildman–Crippen LogP) is -0.0915. The lowest BCUT2D eigenvalue weighted by atomic mass is 10.1. The van der Waals surface area contributed by atoms with E-state index in [1.807, 2.05) is 0 Å². The van der Waals surface area contributed by atoms with Crippen molar-refractivity contribution in [3.8, 4) is 0 Å². The molecule has 0 unspecified atom stereocenters. The molecule has 1 atom stereocenters. The van der Waals surface area contributed by atoms with Gasteiger partial charge < -0.3 is 20.5 Å². The molecule has 0 bridgehead atoms. The van der Waals surface area contributed by atoms with Crippen molar-refractivity contribution in [1.82, 2.24) is 10.6 Å². The molecule has 1 fully saturated rings. The van der Waals surface area contributed by atoms with Gasteiger partial charge in [0.05, 0.1) is 19.4 Å². The molecule has 0 radical (unpaired) electrons. The molecule has 3 N–H and O–H groups in total. The Kier molecular flexibility index (Phi) is 8.36. The third kappa shape index (κ3) is 8.84. The van der Waals surface area contributed by atoms with E-state index < -0.39 is 12.1 Å². The van der Waals surface area contributed by atoms with Crippen LogP contribution < -0.4 is 10.6 Å². The summed E-state index contributed by atoms with van der Waals surface area (Å²) in [5, 5.41) is 12.9. The molecule has 1 aliphatic rings. The second-order valence-electron chi connectivity index (χ2n) is 4.11. The number of esters is 1. The molecule has 0 aromatic heterocycles. The topological polar surface area (TPSA) is 105 Å². The van der Waals surface area contributed by atoms with Gasteiger partial charge >= 0.3 is 18.1 Å². The van der Waals surface area contributed by atoms with E-state index in [9.17, 15) is 22.8 Å². The van der Waals surface area contributed by atoms with Crippen molar-refractivity contribution in [2.45, 2.75) is 19.0 Å². The van der Waals surface area contributed by atoms with Gasteiger partial charge in [-0.05, 0) is 13.0 Å². The van der Waals surface area contributed by atoms with E-state index in [-0.39, 0.29) is 24.2 Å². The average Bonchev–Trinajstić information content (AvgIpc) is 2.91. The zero-order valence-corrected chi connectivity index (χ0v) is 11.3. The molecule has 1 heterocycles. The first kappa shape index (κ1) is 19.2. The van der Waals surface area contributed by atoms with Gasteiger partial charge in [0, 0.05) is 13.1 Å². The van der Waals surface area contributed by atoms with E-state index in [1.54, 1.807) is 0 Å². The van der Waals surface area contributed by atoms with Gasteiger partial charge in [0.25, 0.3) is 0 Å². The molecule has 10 heteroatoms. The summed E-state index contributed by atoms with van der Waals surface area (Å²) in [5.41, 5.74) is 0. The highest BCUT2D eigenvalue weighted by molar-refractivity contribution is 5.79. The fourth-order valence-corrected chi connectivity index (χ4v) is 1.41. The number of carboxylic acid groups (broad SMARTS) is 1. The van der Waals surface area contributed by atoms with Crippen molar-refractivity contribution in [2.24, 2.45) is 5.92 Å². The number of halogens is 3. The minimum Gasteiger partial charge on any atom is -0.475 e. The van der Waals surface area contributed by atoms with Gasteiger partial charge in [0.15, 0.2) is 0 Å². The van der Waals surface area contributed by atoms with E-state index in [4.69, 9.17) is 9.90 Å². The Morgan fingerprint density at radius 2 is 1.95 bits per heavy atom. The second kappa shape index (κ2) is 9.16. The molecule has 21 heavy (non-hydrogen) atoms. The monoisotopic (exact) mass is 314 g/mol. The summed E-state index contributed by atoms with van der Waals surface area (Å²) in [6.07, 6.45) is -3.97. The zero-order chi connectivity index (χ0) is 16.5. The fraction of sp³-hybridized carbons (Fsp3) is 0.727. The van der Waals surface area contributed by atoms with Crippen LogP contribution in [0.1, 0.15) is 12.8 Å². The molecular formula is C11H17F3N2O5. The Labute approximate surface area is 118 Å². The van der Waals surface area contributed by atoms with Crippen molar-refractivity contribution in [3.63, 3.8) is 0 Å². The largest absolute Gasteiger partial charge is 0.490 e. The highest BCUT2D eigenvalue weighted by atomic mass is 19.4. The van der Waals surface area contributed by atoms with Crippen molar-refractivity contribution < 1.29 is 37.4 Å². The SMILES string of the molecule is COC(=O)CCNC(=O)[C@@H]1CCNC1.O=C(O)C(F)(F)F. The summed E-state index contributed by atoms with van der Waals surface area (Å²) in [6, 6.07) is 0. The predicted molar refractivity (Wildman–Crippen MR) is 64.3 cm³/mol. The van der Waals surface area contributed by atoms with Gasteiger partial charge in [-0.2, -0.15) is 13.2 Å². The van der Waals surface area contributed by atoms with Gasteiger partial charge in [-0.15, -0.1) is 0 Å². The number of carboxylic acids is 1. The first-order chi connectivity index (χ1) is 9.68. The maximum atomic E-state index is 11.4. The minimum atomic E-state index is -5.08. The molecule has 1 amide bonds. The molecule has 7 nitrogen and oxygen atoms in total. The van der Waals surface area contributed by atoms with E-state index in [1.165, 1.54) is 7.11 Å². The lowest BCUT2D eigenvalue weighted by Gasteiger charge is -2.08. The smallest absolute Gasteiger partial charge is 0.475 e. The van der Waals surface area contributed by atoms with Crippen LogP contribution in [-0.2, 0) is 19.1 Å². The first-order valence-corrected chi connectivity index (χ1v) is 6.03. The number of nitrogens with one attached hydrogen (secondary N) is 2. The Bertz CT molecular complexity index is 367. The van der Waals surface area contributed by atoms with Crippen molar-refractivity contribution >= 4 is 17.8 Å². The van der Waals surface area contributed by atoms with E-state index in [0.717, 1.165) is 19.5 Å². The Hall–Kier alpha value is -1.84. The number of rotatable bonds is 4. The third-order valence-corrected chi connectivity index (χ3v) is 2.53. The number of carbonyl (C=O) groups excluding carboxylic acids is 2. The lowest BCUT2D eigenvalue weighted by molar-refractivity contribution is -0.192. The number of amides is 1. The average molecular weight is 314 g/mol. The molecule has 0 spiro atoms. The summed E-state index contributed by atoms with van der Waals surface area (Å²) in [6.45, 7) is 2.00. The summed E-state index contributed by atoms with van der Waals surface area (Å²) in [5.74, 6) is -2.96. The number of hydrogen-bond acceptors (Lipinski definition) is 5. The Morgan fingerprint density at radius 1 is 1.38 bits per heavy atom. The number of alkyl halides is 3. The minimum absolute atomic E-state index is 0.0268. The van der Waals surface area contributed by atoms with Gasteiger partial charge in [-0.3, -0.25) is 9.59 Å². The maximum Gasteiger partial charge on any atom is 0.490 e. The normalized spacial score (nSPS) is 17.4. The van der Waals surface area contributed by atoms with Crippen LogP contribution in [0, 0.1) is 5.92 Å². The van der Waals surface area contributed by atoms with E-state index >= 15 is 0 Å². The highest BCUT2D eigenvalue weighted by Gasteiger charge is 2.38.